The second-order valence-corrected chi connectivity index (χ2v) is 8.45. The summed E-state index contributed by atoms with van der Waals surface area (Å²) in [4.78, 5) is 31.5. The summed E-state index contributed by atoms with van der Waals surface area (Å²) in [5.74, 6) is -0.530. The number of hydrogen-bond donors (Lipinski definition) is 0. The van der Waals surface area contributed by atoms with Gasteiger partial charge in [0.15, 0.2) is 0 Å². The van der Waals surface area contributed by atoms with Crippen molar-refractivity contribution in [3.63, 3.8) is 0 Å². The van der Waals surface area contributed by atoms with Gasteiger partial charge in [0.05, 0.1) is 23.1 Å². The van der Waals surface area contributed by atoms with E-state index in [0.717, 1.165) is 0 Å². The van der Waals surface area contributed by atoms with Crippen LogP contribution in [0.2, 0.25) is 0 Å². The van der Waals surface area contributed by atoms with Gasteiger partial charge in [-0.1, -0.05) is 0 Å². The molecule has 0 spiro atoms. The number of fused-ring (bicyclic) bond motifs is 1. The molecule has 0 saturated carbocycles. The van der Waals surface area contributed by atoms with Crippen molar-refractivity contribution in [2.24, 2.45) is 0 Å². The Bertz CT molecular complexity index is 1310. The maximum absolute atomic E-state index is 13.1. The highest BCUT2D eigenvalue weighted by Crippen LogP contribution is 2.36. The lowest BCUT2D eigenvalue weighted by molar-refractivity contribution is -0.143. The molecule has 0 saturated heterocycles. The lowest BCUT2D eigenvalue weighted by Crippen LogP contribution is -2.50. The molecule has 35 heavy (non-hydrogen) atoms. The van der Waals surface area contributed by atoms with Crippen LogP contribution in [0.15, 0.2) is 47.7 Å². The third-order valence-electron chi connectivity index (χ3n) is 5.89. The maximum Gasteiger partial charge on any atom is 0.416 e. The van der Waals surface area contributed by atoms with Crippen LogP contribution in [0.1, 0.15) is 39.8 Å². The second-order valence-electron chi connectivity index (χ2n) is 8.45. The van der Waals surface area contributed by atoms with Crippen molar-refractivity contribution in [1.82, 2.24) is 19.0 Å². The predicted octanol–water partition coefficient (Wildman–Crippen LogP) is 4.47. The standard InChI is InChI=1S/C23H20F6N4O2/c1-13-10-31(12-30-13)18-3-4-19-21(35)32(14(2)11-33(19)20(18)34)6-5-15-7-16(22(24,25)26)9-17(8-15)23(27,28)29/h3-4,7-10,12,14H,5-6,11H2,1-2H3/t14-/m1/s1. The molecule has 1 amide bonds. The summed E-state index contributed by atoms with van der Waals surface area (Å²) in [6, 6.07) is 3.82. The van der Waals surface area contributed by atoms with E-state index in [1.54, 1.807) is 24.6 Å². The monoisotopic (exact) mass is 498 g/mol. The molecule has 0 bridgehead atoms. The Morgan fingerprint density at radius 3 is 2.17 bits per heavy atom. The Balaban J connectivity index is 1.61. The van der Waals surface area contributed by atoms with Crippen molar-refractivity contribution in [3.05, 3.63) is 81.3 Å². The fraction of sp³-hybridized carbons (Fsp3) is 0.348. The van der Waals surface area contributed by atoms with Crippen LogP contribution in [0.3, 0.4) is 0 Å². The molecule has 0 radical (unpaired) electrons. The number of aromatic nitrogens is 3. The molecule has 186 valence electrons. The maximum atomic E-state index is 13.1. The van der Waals surface area contributed by atoms with Gasteiger partial charge in [0.2, 0.25) is 0 Å². The molecule has 1 aliphatic heterocycles. The number of rotatable bonds is 4. The zero-order chi connectivity index (χ0) is 25.7. The van der Waals surface area contributed by atoms with E-state index in [9.17, 15) is 35.9 Å². The summed E-state index contributed by atoms with van der Waals surface area (Å²) in [6.45, 7) is 3.43. The minimum Gasteiger partial charge on any atom is -0.333 e. The highest BCUT2D eigenvalue weighted by molar-refractivity contribution is 5.93. The van der Waals surface area contributed by atoms with Crippen molar-refractivity contribution < 1.29 is 31.1 Å². The number of nitrogens with zero attached hydrogens (tertiary/aromatic N) is 4. The van der Waals surface area contributed by atoms with Crippen LogP contribution >= 0.6 is 0 Å². The Labute approximate surface area is 195 Å². The van der Waals surface area contributed by atoms with Gasteiger partial charge in [-0.2, -0.15) is 26.3 Å². The van der Waals surface area contributed by atoms with Crippen LogP contribution < -0.4 is 5.56 Å². The number of carbonyl (C=O) groups is 1. The highest BCUT2D eigenvalue weighted by atomic mass is 19.4. The first-order valence-corrected chi connectivity index (χ1v) is 10.6. The number of benzene rings is 1. The fourth-order valence-corrected chi connectivity index (χ4v) is 4.13. The summed E-state index contributed by atoms with van der Waals surface area (Å²) >= 11 is 0. The highest BCUT2D eigenvalue weighted by Gasteiger charge is 2.37. The van der Waals surface area contributed by atoms with Crippen molar-refractivity contribution in [3.8, 4) is 5.69 Å². The number of carbonyl (C=O) groups excluding carboxylic acids is 1. The van der Waals surface area contributed by atoms with E-state index in [2.05, 4.69) is 4.98 Å². The predicted molar refractivity (Wildman–Crippen MR) is 113 cm³/mol. The molecule has 1 atom stereocenters. The minimum absolute atomic E-state index is 0.0696. The summed E-state index contributed by atoms with van der Waals surface area (Å²) in [5, 5.41) is 0. The van der Waals surface area contributed by atoms with E-state index in [-0.39, 0.29) is 36.8 Å². The number of alkyl halides is 6. The SMILES string of the molecule is Cc1cn(-c2ccc3n(c2=O)C[C@@H](C)N(CCc2cc(C(F)(F)F)cc(C(F)(F)F)c2)C3=O)cn1. The van der Waals surface area contributed by atoms with Crippen LogP contribution in [0, 0.1) is 6.92 Å². The molecule has 0 fully saturated rings. The largest absolute Gasteiger partial charge is 0.416 e. The number of aryl methyl sites for hydroxylation is 1. The first-order valence-electron chi connectivity index (χ1n) is 10.6. The van der Waals surface area contributed by atoms with Gasteiger partial charge >= 0.3 is 12.4 Å². The van der Waals surface area contributed by atoms with E-state index < -0.39 is 41.0 Å². The molecule has 0 N–H and O–H groups in total. The van der Waals surface area contributed by atoms with Crippen LogP contribution in [-0.2, 0) is 25.3 Å². The van der Waals surface area contributed by atoms with Gasteiger partial charge in [-0.15, -0.1) is 0 Å². The zero-order valence-corrected chi connectivity index (χ0v) is 18.6. The molecule has 12 heteroatoms. The van der Waals surface area contributed by atoms with Gasteiger partial charge in [0.25, 0.3) is 11.5 Å². The first-order chi connectivity index (χ1) is 16.3. The molecular weight excluding hydrogens is 478 g/mol. The quantitative estimate of drug-likeness (QED) is 0.499. The molecule has 1 aliphatic rings. The van der Waals surface area contributed by atoms with Gasteiger partial charge in [-0.3, -0.25) is 9.59 Å². The van der Waals surface area contributed by atoms with E-state index in [1.807, 2.05) is 0 Å². The summed E-state index contributed by atoms with van der Waals surface area (Å²) < 4.78 is 81.7. The molecule has 1 aromatic carbocycles. The molecule has 2 aromatic heterocycles. The molecule has 0 aliphatic carbocycles. The summed E-state index contributed by atoms with van der Waals surface area (Å²) in [6.07, 6.45) is -6.98. The average Bonchev–Trinajstić information content (AvgIpc) is 3.19. The molecule has 3 heterocycles. The topological polar surface area (TPSA) is 60.1 Å². The molecular formula is C23H20F6N4O2. The number of hydrogen-bond acceptors (Lipinski definition) is 3. The first kappa shape index (κ1) is 24.6. The Hall–Kier alpha value is -3.57. The van der Waals surface area contributed by atoms with Crippen molar-refractivity contribution in [2.75, 3.05) is 6.54 Å². The van der Waals surface area contributed by atoms with Gasteiger partial charge in [0.1, 0.15) is 11.4 Å². The van der Waals surface area contributed by atoms with E-state index >= 15 is 0 Å². The van der Waals surface area contributed by atoms with Crippen molar-refractivity contribution in [1.29, 1.82) is 0 Å². The minimum atomic E-state index is -4.95. The van der Waals surface area contributed by atoms with Gasteiger partial charge in [0, 0.05) is 25.3 Å². The number of amides is 1. The average molecular weight is 498 g/mol. The lowest BCUT2D eigenvalue weighted by atomic mass is 10.0. The number of imidazole rings is 1. The molecule has 4 rings (SSSR count). The fourth-order valence-electron chi connectivity index (χ4n) is 4.13. The molecule has 0 unspecified atom stereocenters. The smallest absolute Gasteiger partial charge is 0.333 e. The van der Waals surface area contributed by atoms with Crippen LogP contribution in [-0.4, -0.2) is 37.5 Å². The van der Waals surface area contributed by atoms with Crippen LogP contribution in [0.4, 0.5) is 26.3 Å². The number of halogens is 6. The second kappa shape index (κ2) is 8.58. The van der Waals surface area contributed by atoms with Gasteiger partial charge < -0.3 is 14.0 Å². The van der Waals surface area contributed by atoms with E-state index in [1.165, 1.54) is 27.9 Å². The third-order valence-corrected chi connectivity index (χ3v) is 5.89. The number of pyridine rings is 1. The van der Waals surface area contributed by atoms with Crippen LogP contribution in [0.5, 0.6) is 0 Å². The Morgan fingerprint density at radius 1 is 1.00 bits per heavy atom. The van der Waals surface area contributed by atoms with Crippen molar-refractivity contribution >= 4 is 5.91 Å². The van der Waals surface area contributed by atoms with Crippen molar-refractivity contribution in [2.45, 2.75) is 45.2 Å². The van der Waals surface area contributed by atoms with E-state index in [4.69, 9.17) is 0 Å². The Morgan fingerprint density at radius 2 is 1.63 bits per heavy atom. The van der Waals surface area contributed by atoms with Gasteiger partial charge in [-0.05, 0) is 56.2 Å². The summed E-state index contributed by atoms with van der Waals surface area (Å²) in [7, 11) is 0. The Kier molecular flexibility index (Phi) is 6.02. The lowest BCUT2D eigenvalue weighted by Gasteiger charge is -2.35. The molecule has 3 aromatic rings. The van der Waals surface area contributed by atoms with Crippen LogP contribution in [0.25, 0.3) is 5.69 Å². The van der Waals surface area contributed by atoms with Gasteiger partial charge in [-0.25, -0.2) is 4.98 Å². The molecule has 6 nitrogen and oxygen atoms in total. The normalized spacial score (nSPS) is 16.5. The summed E-state index contributed by atoms with van der Waals surface area (Å²) in [5.41, 5.74) is -2.32. The zero-order valence-electron chi connectivity index (χ0n) is 18.6. The third kappa shape index (κ3) is 4.82. The van der Waals surface area contributed by atoms with E-state index in [0.29, 0.717) is 23.5 Å².